The SMILES string of the molecule is CCN1C(=O)[C@H](N)[C@@H]1c1ccc(F)cc1. The number of hydrogen-bond donors (Lipinski definition) is 1. The molecule has 1 heterocycles. The average molecular weight is 208 g/mol. The number of benzene rings is 1. The molecule has 4 heteroatoms. The normalized spacial score (nSPS) is 25.3. The Bertz CT molecular complexity index is 377. The molecule has 2 atom stereocenters. The molecule has 0 saturated carbocycles. The zero-order valence-corrected chi connectivity index (χ0v) is 8.48. The molecule has 2 N–H and O–H groups in total. The molecule has 80 valence electrons. The van der Waals surface area contributed by atoms with E-state index >= 15 is 0 Å². The topological polar surface area (TPSA) is 46.3 Å². The summed E-state index contributed by atoms with van der Waals surface area (Å²) >= 11 is 0. The van der Waals surface area contributed by atoms with Crippen molar-refractivity contribution in [3.63, 3.8) is 0 Å². The van der Waals surface area contributed by atoms with Gasteiger partial charge in [0.15, 0.2) is 0 Å². The fourth-order valence-electron chi connectivity index (χ4n) is 1.98. The Balaban J connectivity index is 2.24. The van der Waals surface area contributed by atoms with Gasteiger partial charge in [-0.3, -0.25) is 4.79 Å². The van der Waals surface area contributed by atoms with E-state index in [1.54, 1.807) is 17.0 Å². The summed E-state index contributed by atoms with van der Waals surface area (Å²) in [6.07, 6.45) is 0. The summed E-state index contributed by atoms with van der Waals surface area (Å²) in [5, 5.41) is 0. The third kappa shape index (κ3) is 1.51. The highest BCUT2D eigenvalue weighted by Gasteiger charge is 2.44. The Kier molecular flexibility index (Phi) is 2.44. The number of nitrogens with zero attached hydrogens (tertiary/aromatic N) is 1. The Morgan fingerprint density at radius 3 is 2.53 bits per heavy atom. The van der Waals surface area contributed by atoms with Gasteiger partial charge in [0.2, 0.25) is 5.91 Å². The van der Waals surface area contributed by atoms with Gasteiger partial charge in [-0.05, 0) is 24.6 Å². The highest BCUT2D eigenvalue weighted by atomic mass is 19.1. The van der Waals surface area contributed by atoms with Crippen molar-refractivity contribution >= 4 is 5.91 Å². The van der Waals surface area contributed by atoms with Crippen molar-refractivity contribution in [3.05, 3.63) is 35.6 Å². The maximum Gasteiger partial charge on any atom is 0.242 e. The Labute approximate surface area is 87.7 Å². The fourth-order valence-corrected chi connectivity index (χ4v) is 1.98. The van der Waals surface area contributed by atoms with Crippen LogP contribution in [0.1, 0.15) is 18.5 Å². The van der Waals surface area contributed by atoms with Gasteiger partial charge >= 0.3 is 0 Å². The molecule has 0 aromatic heterocycles. The van der Waals surface area contributed by atoms with Crippen LogP contribution in [0.4, 0.5) is 4.39 Å². The van der Waals surface area contributed by atoms with Crippen molar-refractivity contribution in [3.8, 4) is 0 Å². The minimum absolute atomic E-state index is 0.0353. The van der Waals surface area contributed by atoms with Crippen LogP contribution in [0.15, 0.2) is 24.3 Å². The van der Waals surface area contributed by atoms with E-state index in [-0.39, 0.29) is 17.8 Å². The van der Waals surface area contributed by atoms with Crippen LogP contribution in [-0.4, -0.2) is 23.4 Å². The van der Waals surface area contributed by atoms with Crippen molar-refractivity contribution in [1.29, 1.82) is 0 Å². The van der Waals surface area contributed by atoms with Crippen molar-refractivity contribution in [2.75, 3.05) is 6.54 Å². The number of carbonyl (C=O) groups excluding carboxylic acids is 1. The molecule has 0 radical (unpaired) electrons. The highest BCUT2D eigenvalue weighted by molar-refractivity contribution is 5.89. The zero-order valence-electron chi connectivity index (χ0n) is 8.48. The fraction of sp³-hybridized carbons (Fsp3) is 0.364. The molecule has 1 aliphatic heterocycles. The number of β-lactam (4-membered cyclic amide) rings is 1. The van der Waals surface area contributed by atoms with Crippen LogP contribution in [0.25, 0.3) is 0 Å². The summed E-state index contributed by atoms with van der Waals surface area (Å²) < 4.78 is 12.7. The van der Waals surface area contributed by atoms with Gasteiger partial charge in [0.05, 0.1) is 6.04 Å². The number of nitrogens with two attached hydrogens (primary N) is 1. The lowest BCUT2D eigenvalue weighted by atomic mass is 9.89. The van der Waals surface area contributed by atoms with Gasteiger partial charge < -0.3 is 10.6 Å². The van der Waals surface area contributed by atoms with Crippen LogP contribution in [0.5, 0.6) is 0 Å². The summed E-state index contributed by atoms with van der Waals surface area (Å²) in [6, 6.07) is 5.56. The summed E-state index contributed by atoms with van der Waals surface area (Å²) in [6.45, 7) is 2.54. The quantitative estimate of drug-likeness (QED) is 0.738. The van der Waals surface area contributed by atoms with Crippen LogP contribution in [-0.2, 0) is 4.79 Å². The van der Waals surface area contributed by atoms with Gasteiger partial charge in [-0.25, -0.2) is 4.39 Å². The van der Waals surface area contributed by atoms with Gasteiger partial charge in [0.1, 0.15) is 11.9 Å². The second-order valence-corrected chi connectivity index (χ2v) is 3.65. The molecule has 1 aromatic rings. The van der Waals surface area contributed by atoms with Crippen LogP contribution in [0.2, 0.25) is 0 Å². The number of amides is 1. The summed E-state index contributed by atoms with van der Waals surface area (Å²) in [4.78, 5) is 13.1. The van der Waals surface area contributed by atoms with Crippen LogP contribution in [0.3, 0.4) is 0 Å². The van der Waals surface area contributed by atoms with Crippen LogP contribution in [0, 0.1) is 5.82 Å². The van der Waals surface area contributed by atoms with Crippen molar-refractivity contribution in [1.82, 2.24) is 4.90 Å². The van der Waals surface area contributed by atoms with E-state index in [0.717, 1.165) is 5.56 Å². The lowest BCUT2D eigenvalue weighted by Crippen LogP contribution is -2.62. The third-order valence-corrected chi connectivity index (χ3v) is 2.80. The number of halogens is 1. The third-order valence-electron chi connectivity index (χ3n) is 2.80. The predicted octanol–water partition coefficient (Wildman–Crippen LogP) is 1.06. The summed E-state index contributed by atoms with van der Waals surface area (Å²) in [7, 11) is 0. The van der Waals surface area contributed by atoms with Gasteiger partial charge in [-0.2, -0.15) is 0 Å². The van der Waals surface area contributed by atoms with E-state index in [4.69, 9.17) is 5.73 Å². The standard InChI is InChI=1S/C11H13FN2O/c1-2-14-10(9(13)11(14)15)7-3-5-8(12)6-4-7/h3-6,9-10H,2,13H2,1H3/t9-,10+/m1/s1. The number of likely N-dealkylation sites (N-methyl/N-ethyl adjacent to an activating group) is 1. The smallest absolute Gasteiger partial charge is 0.242 e. The predicted molar refractivity (Wildman–Crippen MR) is 54.5 cm³/mol. The first-order chi connectivity index (χ1) is 7.15. The number of rotatable bonds is 2. The molecule has 1 fully saturated rings. The Morgan fingerprint density at radius 2 is 2.00 bits per heavy atom. The molecule has 0 spiro atoms. The molecule has 0 aliphatic carbocycles. The van der Waals surface area contributed by atoms with Crippen molar-refractivity contribution < 1.29 is 9.18 Å². The molecule has 0 unspecified atom stereocenters. The minimum Gasteiger partial charge on any atom is -0.332 e. The van der Waals surface area contributed by atoms with E-state index in [1.807, 2.05) is 6.92 Å². The number of hydrogen-bond acceptors (Lipinski definition) is 2. The summed E-state index contributed by atoms with van der Waals surface area (Å²) in [5.41, 5.74) is 6.61. The van der Waals surface area contributed by atoms with E-state index < -0.39 is 6.04 Å². The van der Waals surface area contributed by atoms with Gasteiger partial charge in [0, 0.05) is 6.54 Å². The highest BCUT2D eigenvalue weighted by Crippen LogP contribution is 2.32. The first kappa shape index (κ1) is 10.1. The van der Waals surface area contributed by atoms with Crippen LogP contribution >= 0.6 is 0 Å². The van der Waals surface area contributed by atoms with E-state index in [1.165, 1.54) is 12.1 Å². The van der Waals surface area contributed by atoms with E-state index in [9.17, 15) is 9.18 Å². The molecular formula is C11H13FN2O. The zero-order chi connectivity index (χ0) is 11.0. The first-order valence-electron chi connectivity index (χ1n) is 4.96. The second-order valence-electron chi connectivity index (χ2n) is 3.65. The molecule has 0 bridgehead atoms. The van der Waals surface area contributed by atoms with Crippen LogP contribution < -0.4 is 5.73 Å². The Morgan fingerprint density at radius 1 is 1.40 bits per heavy atom. The molecule has 15 heavy (non-hydrogen) atoms. The molecule has 1 aromatic carbocycles. The minimum atomic E-state index is -0.476. The molecule has 1 amide bonds. The lowest BCUT2D eigenvalue weighted by Gasteiger charge is -2.45. The monoisotopic (exact) mass is 208 g/mol. The molecule has 3 nitrogen and oxygen atoms in total. The lowest BCUT2D eigenvalue weighted by molar-refractivity contribution is -0.149. The van der Waals surface area contributed by atoms with E-state index in [2.05, 4.69) is 0 Å². The molecular weight excluding hydrogens is 195 g/mol. The average Bonchev–Trinajstić information content (AvgIpc) is 2.26. The van der Waals surface area contributed by atoms with Gasteiger partial charge in [0.25, 0.3) is 0 Å². The van der Waals surface area contributed by atoms with Gasteiger partial charge in [-0.1, -0.05) is 12.1 Å². The van der Waals surface area contributed by atoms with Gasteiger partial charge in [-0.15, -0.1) is 0 Å². The Hall–Kier alpha value is -1.42. The summed E-state index contributed by atoms with van der Waals surface area (Å²) in [5.74, 6) is -0.312. The maximum absolute atomic E-state index is 12.7. The maximum atomic E-state index is 12.7. The molecule has 1 aliphatic rings. The van der Waals surface area contributed by atoms with Crippen molar-refractivity contribution in [2.24, 2.45) is 5.73 Å². The second kappa shape index (κ2) is 3.62. The number of likely N-dealkylation sites (tertiary alicyclic amines) is 1. The molecule has 1 saturated heterocycles. The molecule has 2 rings (SSSR count). The first-order valence-corrected chi connectivity index (χ1v) is 4.96. The van der Waals surface area contributed by atoms with Crippen molar-refractivity contribution in [2.45, 2.75) is 19.0 Å². The number of carbonyl (C=O) groups is 1. The largest absolute Gasteiger partial charge is 0.332 e. The van der Waals surface area contributed by atoms with E-state index in [0.29, 0.717) is 6.54 Å².